The predicted octanol–water partition coefficient (Wildman–Crippen LogP) is 3.82. The van der Waals surface area contributed by atoms with Gasteiger partial charge in [-0.05, 0) is 34.1 Å². The van der Waals surface area contributed by atoms with Crippen LogP contribution >= 0.6 is 0 Å². The van der Waals surface area contributed by atoms with Gasteiger partial charge in [-0.25, -0.2) is 0 Å². The van der Waals surface area contributed by atoms with E-state index in [0.717, 1.165) is 21.9 Å². The number of fused-ring (bicyclic) bond motifs is 3. The van der Waals surface area contributed by atoms with Gasteiger partial charge < -0.3 is 5.21 Å². The van der Waals surface area contributed by atoms with Crippen molar-refractivity contribution in [3.63, 3.8) is 0 Å². The van der Waals surface area contributed by atoms with Crippen molar-refractivity contribution in [3.05, 3.63) is 59.6 Å². The zero-order valence-electron chi connectivity index (χ0n) is 11.3. The van der Waals surface area contributed by atoms with E-state index in [1.807, 2.05) is 12.1 Å². The number of rotatable bonds is 2. The molecule has 0 saturated carbocycles. The first-order valence-corrected chi connectivity index (χ1v) is 6.68. The second-order valence-electron chi connectivity index (χ2n) is 5.49. The molecule has 0 atom stereocenters. The van der Waals surface area contributed by atoms with E-state index < -0.39 is 0 Å². The number of benzene rings is 2. The molecule has 0 spiro atoms. The lowest BCUT2D eigenvalue weighted by Gasteiger charge is -2.11. The minimum absolute atomic E-state index is 0.619. The van der Waals surface area contributed by atoms with Gasteiger partial charge in [-0.1, -0.05) is 44.2 Å². The zero-order valence-corrected chi connectivity index (χ0v) is 11.3. The quantitative estimate of drug-likeness (QED) is 0.386. The van der Waals surface area contributed by atoms with Crippen LogP contribution in [0.5, 0.6) is 0 Å². The first kappa shape index (κ1) is 12.0. The van der Waals surface area contributed by atoms with Gasteiger partial charge in [-0.3, -0.25) is 0 Å². The van der Waals surface area contributed by atoms with E-state index in [4.69, 9.17) is 0 Å². The van der Waals surface area contributed by atoms with Crippen LogP contribution < -0.4 is 4.73 Å². The second-order valence-corrected chi connectivity index (χ2v) is 5.49. The molecule has 2 aromatic carbocycles. The molecule has 0 unspecified atom stereocenters. The number of nitrogens with zero attached hydrogens (tertiary/aromatic N) is 1. The SMILES string of the molecule is CC(C)Cc1cc2cc[n+]([O-])cc2c2ccccc12. The van der Waals surface area contributed by atoms with E-state index in [2.05, 4.69) is 38.1 Å². The van der Waals surface area contributed by atoms with E-state index in [-0.39, 0.29) is 0 Å². The van der Waals surface area contributed by atoms with Gasteiger partial charge in [0, 0.05) is 6.07 Å². The van der Waals surface area contributed by atoms with Crippen molar-refractivity contribution in [3.8, 4) is 0 Å². The Kier molecular flexibility index (Phi) is 2.86. The Morgan fingerprint density at radius 2 is 1.79 bits per heavy atom. The van der Waals surface area contributed by atoms with Crippen LogP contribution in [0.25, 0.3) is 21.5 Å². The van der Waals surface area contributed by atoms with Crippen LogP contribution in [0.4, 0.5) is 0 Å². The minimum atomic E-state index is 0.619. The van der Waals surface area contributed by atoms with Gasteiger partial charge in [0.1, 0.15) is 0 Å². The Hall–Kier alpha value is -2.09. The molecule has 1 heterocycles. The summed E-state index contributed by atoms with van der Waals surface area (Å²) in [5, 5.41) is 16.1. The largest absolute Gasteiger partial charge is 0.619 e. The standard InChI is InChI=1S/C17H17NO/c1-12(2)9-14-10-13-7-8-18(19)11-17(13)16-6-4-3-5-15(14)16/h3-8,10-12H,9H2,1-2H3. The van der Waals surface area contributed by atoms with E-state index in [9.17, 15) is 5.21 Å². The van der Waals surface area contributed by atoms with Crippen molar-refractivity contribution in [2.24, 2.45) is 5.92 Å². The second kappa shape index (κ2) is 4.54. The van der Waals surface area contributed by atoms with Gasteiger partial charge in [0.05, 0.1) is 5.39 Å². The fourth-order valence-electron chi connectivity index (χ4n) is 2.71. The highest BCUT2D eigenvalue weighted by Gasteiger charge is 2.09. The molecule has 2 nitrogen and oxygen atoms in total. The molecule has 0 fully saturated rings. The number of hydrogen-bond donors (Lipinski definition) is 0. The molecule has 0 aliphatic rings. The first-order valence-electron chi connectivity index (χ1n) is 6.68. The molecule has 1 aromatic heterocycles. The molecule has 0 saturated heterocycles. The molecule has 19 heavy (non-hydrogen) atoms. The number of aromatic nitrogens is 1. The van der Waals surface area contributed by atoms with Crippen LogP contribution in [0.15, 0.2) is 48.8 Å². The Morgan fingerprint density at radius 1 is 1.05 bits per heavy atom. The molecule has 96 valence electrons. The molecule has 2 heteroatoms. The van der Waals surface area contributed by atoms with Crippen molar-refractivity contribution in [2.75, 3.05) is 0 Å². The average Bonchev–Trinajstić information content (AvgIpc) is 2.39. The monoisotopic (exact) mass is 251 g/mol. The molecule has 0 amide bonds. The molecule has 0 aliphatic heterocycles. The lowest BCUT2D eigenvalue weighted by molar-refractivity contribution is -0.603. The molecule has 0 radical (unpaired) electrons. The fourth-order valence-corrected chi connectivity index (χ4v) is 2.71. The third-order valence-electron chi connectivity index (χ3n) is 3.49. The highest BCUT2D eigenvalue weighted by atomic mass is 16.5. The van der Waals surface area contributed by atoms with Gasteiger partial charge in [0.25, 0.3) is 0 Å². The van der Waals surface area contributed by atoms with Crippen LogP contribution in [0.1, 0.15) is 19.4 Å². The van der Waals surface area contributed by atoms with E-state index in [1.165, 1.54) is 16.3 Å². The Bertz CT molecular complexity index is 747. The van der Waals surface area contributed by atoms with Crippen LogP contribution in [0.2, 0.25) is 0 Å². The minimum Gasteiger partial charge on any atom is -0.619 e. The number of pyridine rings is 1. The van der Waals surface area contributed by atoms with Gasteiger partial charge in [0.15, 0.2) is 12.4 Å². The van der Waals surface area contributed by atoms with Crippen molar-refractivity contribution in [1.82, 2.24) is 0 Å². The normalized spacial score (nSPS) is 11.5. The molecule has 0 N–H and O–H groups in total. The highest BCUT2D eigenvalue weighted by molar-refractivity contribution is 6.08. The molecule has 3 rings (SSSR count). The summed E-state index contributed by atoms with van der Waals surface area (Å²) in [5.74, 6) is 0.619. The summed E-state index contributed by atoms with van der Waals surface area (Å²) in [7, 11) is 0. The van der Waals surface area contributed by atoms with Gasteiger partial charge in [0.2, 0.25) is 0 Å². The lowest BCUT2D eigenvalue weighted by Crippen LogP contribution is -2.23. The summed E-state index contributed by atoms with van der Waals surface area (Å²) in [4.78, 5) is 0. The molecular weight excluding hydrogens is 234 g/mol. The van der Waals surface area contributed by atoms with E-state index >= 15 is 0 Å². The summed E-state index contributed by atoms with van der Waals surface area (Å²) in [6.45, 7) is 4.46. The van der Waals surface area contributed by atoms with E-state index in [1.54, 1.807) is 12.4 Å². The van der Waals surface area contributed by atoms with Crippen LogP contribution in [-0.2, 0) is 6.42 Å². The maximum atomic E-state index is 11.5. The van der Waals surface area contributed by atoms with Crippen LogP contribution in [0, 0.1) is 11.1 Å². The lowest BCUT2D eigenvalue weighted by atomic mass is 9.93. The van der Waals surface area contributed by atoms with E-state index in [0.29, 0.717) is 5.92 Å². The Morgan fingerprint density at radius 3 is 2.53 bits per heavy atom. The van der Waals surface area contributed by atoms with Crippen molar-refractivity contribution < 1.29 is 4.73 Å². The fraction of sp³-hybridized carbons (Fsp3) is 0.235. The third-order valence-corrected chi connectivity index (χ3v) is 3.49. The molecular formula is C17H17NO. The van der Waals surface area contributed by atoms with Crippen molar-refractivity contribution in [1.29, 1.82) is 0 Å². The summed E-state index contributed by atoms with van der Waals surface area (Å²) in [6.07, 6.45) is 4.29. The number of hydrogen-bond acceptors (Lipinski definition) is 1. The third kappa shape index (κ3) is 2.14. The summed E-state index contributed by atoms with van der Waals surface area (Å²) in [6, 6.07) is 12.5. The maximum Gasteiger partial charge on any atom is 0.188 e. The topological polar surface area (TPSA) is 26.9 Å². The van der Waals surface area contributed by atoms with Crippen molar-refractivity contribution in [2.45, 2.75) is 20.3 Å². The summed E-state index contributed by atoms with van der Waals surface area (Å²) in [5.41, 5.74) is 1.36. The summed E-state index contributed by atoms with van der Waals surface area (Å²) < 4.78 is 0.872. The van der Waals surface area contributed by atoms with Gasteiger partial charge in [-0.2, -0.15) is 4.73 Å². The van der Waals surface area contributed by atoms with Crippen molar-refractivity contribution >= 4 is 21.5 Å². The van der Waals surface area contributed by atoms with Crippen LogP contribution in [-0.4, -0.2) is 0 Å². The highest BCUT2D eigenvalue weighted by Crippen LogP contribution is 2.29. The molecule has 0 bridgehead atoms. The van der Waals surface area contributed by atoms with Gasteiger partial charge in [-0.15, -0.1) is 0 Å². The molecule has 3 aromatic rings. The maximum absolute atomic E-state index is 11.5. The Labute approximate surface area is 112 Å². The first-order chi connectivity index (χ1) is 9.15. The molecule has 0 aliphatic carbocycles. The average molecular weight is 251 g/mol. The smallest absolute Gasteiger partial charge is 0.188 e. The summed E-state index contributed by atoms with van der Waals surface area (Å²) >= 11 is 0. The predicted molar refractivity (Wildman–Crippen MR) is 79.0 cm³/mol. The zero-order chi connectivity index (χ0) is 13.4. The van der Waals surface area contributed by atoms with Gasteiger partial charge >= 0.3 is 0 Å². The Balaban J connectivity index is 2.39. The van der Waals surface area contributed by atoms with Crippen LogP contribution in [0.3, 0.4) is 0 Å².